The van der Waals surface area contributed by atoms with Crippen molar-refractivity contribution in [3.05, 3.63) is 57.9 Å². The van der Waals surface area contributed by atoms with E-state index in [9.17, 15) is 14.0 Å². The van der Waals surface area contributed by atoms with Gasteiger partial charge in [0.1, 0.15) is 5.82 Å². The summed E-state index contributed by atoms with van der Waals surface area (Å²) in [7, 11) is 1.21. The normalized spacial score (nSPS) is 10.3. The van der Waals surface area contributed by atoms with Crippen LogP contribution < -0.4 is 10.6 Å². The Balaban J connectivity index is 2.08. The van der Waals surface area contributed by atoms with Crippen LogP contribution in [0.5, 0.6) is 0 Å². The van der Waals surface area contributed by atoms with Gasteiger partial charge in [-0.3, -0.25) is 4.79 Å². The average molecular weight is 365 g/mol. The lowest BCUT2D eigenvalue weighted by Gasteiger charge is -2.13. The number of hydrogen-bond donors (Lipinski definition) is 2. The number of nitrogens with one attached hydrogen (secondary N) is 2. The van der Waals surface area contributed by atoms with E-state index < -0.39 is 11.8 Å². The van der Waals surface area contributed by atoms with Crippen LogP contribution in [0.15, 0.2) is 30.3 Å². The van der Waals surface area contributed by atoms with Gasteiger partial charge in [-0.1, -0.05) is 17.7 Å². The minimum Gasteiger partial charge on any atom is -0.465 e. The predicted octanol–water partition coefficient (Wildman–Crippen LogP) is 3.93. The first-order valence-electron chi connectivity index (χ1n) is 7.50. The average Bonchev–Trinajstić information content (AvgIpc) is 2.57. The molecule has 0 aliphatic carbocycles. The molecule has 0 spiro atoms. The van der Waals surface area contributed by atoms with Gasteiger partial charge in [-0.2, -0.15) is 0 Å². The molecule has 2 rings (SSSR count). The highest BCUT2D eigenvalue weighted by molar-refractivity contribution is 6.33. The molecule has 0 saturated heterocycles. The zero-order valence-corrected chi connectivity index (χ0v) is 14.8. The van der Waals surface area contributed by atoms with E-state index in [1.165, 1.54) is 13.2 Å². The Labute approximate surface area is 150 Å². The van der Waals surface area contributed by atoms with Crippen molar-refractivity contribution < 1.29 is 18.7 Å². The van der Waals surface area contributed by atoms with E-state index in [1.54, 1.807) is 19.1 Å². The molecule has 0 saturated carbocycles. The minimum atomic E-state index is -0.655. The summed E-state index contributed by atoms with van der Waals surface area (Å²) in [6.07, 6.45) is 0. The number of hydrogen-bond acceptors (Lipinski definition) is 4. The Kier molecular flexibility index (Phi) is 5.98. The predicted molar refractivity (Wildman–Crippen MR) is 95.8 cm³/mol. The first-order valence-corrected chi connectivity index (χ1v) is 7.88. The molecule has 0 fully saturated rings. The van der Waals surface area contributed by atoms with Crippen LogP contribution in [0.3, 0.4) is 0 Å². The number of rotatable bonds is 5. The highest BCUT2D eigenvalue weighted by atomic mass is 35.5. The largest absolute Gasteiger partial charge is 0.465 e. The minimum absolute atomic E-state index is 0.0649. The summed E-state index contributed by atoms with van der Waals surface area (Å²) in [5, 5.41) is 5.93. The topological polar surface area (TPSA) is 67.4 Å². The summed E-state index contributed by atoms with van der Waals surface area (Å²) in [6, 6.07) is 7.81. The Bertz CT molecular complexity index is 824. The van der Waals surface area contributed by atoms with Gasteiger partial charge in [0.25, 0.3) is 0 Å². The van der Waals surface area contributed by atoms with Gasteiger partial charge >= 0.3 is 5.97 Å². The quantitative estimate of drug-likeness (QED) is 0.789. The summed E-state index contributed by atoms with van der Waals surface area (Å²) in [5.74, 6) is -1.57. The fourth-order valence-electron chi connectivity index (χ4n) is 2.19. The molecule has 0 unspecified atom stereocenters. The Morgan fingerprint density at radius 3 is 2.52 bits per heavy atom. The number of aryl methyl sites for hydroxylation is 1. The van der Waals surface area contributed by atoms with Crippen LogP contribution in [0.4, 0.5) is 15.8 Å². The molecule has 25 heavy (non-hydrogen) atoms. The van der Waals surface area contributed by atoms with Crippen molar-refractivity contribution in [2.45, 2.75) is 13.8 Å². The molecule has 0 aliphatic heterocycles. The lowest BCUT2D eigenvalue weighted by molar-refractivity contribution is -0.114. The lowest BCUT2D eigenvalue weighted by atomic mass is 10.1. The fraction of sp³-hybridized carbons (Fsp3) is 0.222. The van der Waals surface area contributed by atoms with Crippen LogP contribution >= 0.6 is 11.6 Å². The van der Waals surface area contributed by atoms with Gasteiger partial charge in [0.2, 0.25) is 5.91 Å². The molecular weight excluding hydrogens is 347 g/mol. The number of halogens is 2. The van der Waals surface area contributed by atoms with Gasteiger partial charge < -0.3 is 15.4 Å². The van der Waals surface area contributed by atoms with Crippen molar-refractivity contribution >= 4 is 34.9 Å². The Hall–Kier alpha value is -2.60. The van der Waals surface area contributed by atoms with E-state index in [2.05, 4.69) is 15.4 Å². The van der Waals surface area contributed by atoms with Crippen LogP contribution in [0.2, 0.25) is 5.02 Å². The van der Waals surface area contributed by atoms with Crippen molar-refractivity contribution in [2.75, 3.05) is 24.3 Å². The van der Waals surface area contributed by atoms with Crippen LogP contribution in [0.25, 0.3) is 0 Å². The van der Waals surface area contributed by atoms with Crippen molar-refractivity contribution in [2.24, 2.45) is 0 Å². The lowest BCUT2D eigenvalue weighted by Crippen LogP contribution is -2.22. The highest BCUT2D eigenvalue weighted by Crippen LogP contribution is 2.23. The smallest absolute Gasteiger partial charge is 0.338 e. The van der Waals surface area contributed by atoms with E-state index in [-0.39, 0.29) is 18.0 Å². The van der Waals surface area contributed by atoms with Crippen molar-refractivity contribution in [3.63, 3.8) is 0 Å². The third-order valence-electron chi connectivity index (χ3n) is 3.60. The fourth-order valence-corrected chi connectivity index (χ4v) is 2.47. The van der Waals surface area contributed by atoms with Crippen LogP contribution in [-0.4, -0.2) is 25.5 Å². The summed E-state index contributed by atoms with van der Waals surface area (Å²) in [5.41, 5.74) is 2.17. The first kappa shape index (κ1) is 18.7. The van der Waals surface area contributed by atoms with E-state index in [1.807, 2.05) is 13.0 Å². The molecule has 0 aliphatic rings. The summed E-state index contributed by atoms with van der Waals surface area (Å²) in [4.78, 5) is 23.6. The molecule has 1 amide bonds. The van der Waals surface area contributed by atoms with Gasteiger partial charge in [0.05, 0.1) is 29.9 Å². The van der Waals surface area contributed by atoms with Gasteiger partial charge in [0.15, 0.2) is 0 Å². The number of carbonyl (C=O) groups is 2. The van der Waals surface area contributed by atoms with Crippen LogP contribution in [0.1, 0.15) is 21.5 Å². The molecule has 0 radical (unpaired) electrons. The zero-order chi connectivity index (χ0) is 18.6. The van der Waals surface area contributed by atoms with E-state index in [0.29, 0.717) is 22.0 Å². The number of esters is 1. The molecule has 2 aromatic rings. The number of benzene rings is 2. The Morgan fingerprint density at radius 1 is 1.16 bits per heavy atom. The number of carbonyl (C=O) groups excluding carboxylic acids is 2. The molecule has 2 N–H and O–H groups in total. The molecule has 132 valence electrons. The van der Waals surface area contributed by atoms with Gasteiger partial charge in [-0.15, -0.1) is 0 Å². The molecular formula is C18H18ClFN2O3. The van der Waals surface area contributed by atoms with Crippen molar-refractivity contribution in [3.8, 4) is 0 Å². The van der Waals surface area contributed by atoms with Gasteiger partial charge in [-0.25, -0.2) is 9.18 Å². The van der Waals surface area contributed by atoms with E-state index in [4.69, 9.17) is 11.6 Å². The highest BCUT2D eigenvalue weighted by Gasteiger charge is 2.14. The standard InChI is InChI=1S/C18H18ClFN2O3/c1-10-4-5-15(13(19)6-10)22-17(23)9-21-16-8-12(18(24)25-3)7-14(20)11(16)2/h4-8,21H,9H2,1-3H3,(H,22,23). The molecule has 0 atom stereocenters. The molecule has 0 heterocycles. The number of amides is 1. The molecule has 0 bridgehead atoms. The zero-order valence-electron chi connectivity index (χ0n) is 14.1. The molecule has 0 aromatic heterocycles. The maximum absolute atomic E-state index is 13.9. The van der Waals surface area contributed by atoms with Crippen LogP contribution in [0, 0.1) is 19.7 Å². The third kappa shape index (κ3) is 4.70. The van der Waals surface area contributed by atoms with Crippen LogP contribution in [-0.2, 0) is 9.53 Å². The number of anilines is 2. The SMILES string of the molecule is COC(=O)c1cc(F)c(C)c(NCC(=O)Nc2ccc(C)cc2Cl)c1. The Morgan fingerprint density at radius 2 is 1.88 bits per heavy atom. The second kappa shape index (κ2) is 7.98. The third-order valence-corrected chi connectivity index (χ3v) is 3.92. The second-order valence-corrected chi connectivity index (χ2v) is 5.91. The van der Waals surface area contributed by atoms with Crippen molar-refractivity contribution in [1.82, 2.24) is 0 Å². The second-order valence-electron chi connectivity index (χ2n) is 5.51. The molecule has 7 heteroatoms. The first-order chi connectivity index (χ1) is 11.8. The van der Waals surface area contributed by atoms with E-state index >= 15 is 0 Å². The maximum atomic E-state index is 13.9. The summed E-state index contributed by atoms with van der Waals surface area (Å²) >= 11 is 6.07. The monoisotopic (exact) mass is 364 g/mol. The summed E-state index contributed by atoms with van der Waals surface area (Å²) < 4.78 is 18.5. The van der Waals surface area contributed by atoms with Gasteiger partial charge in [-0.05, 0) is 43.7 Å². The number of methoxy groups -OCH3 is 1. The maximum Gasteiger partial charge on any atom is 0.338 e. The van der Waals surface area contributed by atoms with Crippen molar-refractivity contribution in [1.29, 1.82) is 0 Å². The summed E-state index contributed by atoms with van der Waals surface area (Å²) in [6.45, 7) is 3.33. The van der Waals surface area contributed by atoms with E-state index in [0.717, 1.165) is 11.6 Å². The number of ether oxygens (including phenoxy) is 1. The molecule has 2 aromatic carbocycles. The molecule has 5 nitrogen and oxygen atoms in total. The van der Waals surface area contributed by atoms with Gasteiger partial charge in [0, 0.05) is 11.3 Å².